The molecule has 0 fully saturated rings. The summed E-state index contributed by atoms with van der Waals surface area (Å²) in [6.45, 7) is 3.95. The molecule has 1 aromatic heterocycles. The van der Waals surface area contributed by atoms with Gasteiger partial charge in [0.15, 0.2) is 23.0 Å². The van der Waals surface area contributed by atoms with Crippen molar-refractivity contribution < 1.29 is 31.4 Å². The van der Waals surface area contributed by atoms with Gasteiger partial charge >= 0.3 is 0 Å². The van der Waals surface area contributed by atoms with E-state index in [0.29, 0.717) is 117 Å². The van der Waals surface area contributed by atoms with E-state index in [4.69, 9.17) is 9.47 Å². The molecule has 104 heavy (non-hydrogen) atoms. The first-order chi connectivity index (χ1) is 58.0. The van der Waals surface area contributed by atoms with Crippen LogP contribution in [-0.4, -0.2) is 18.0 Å². The molecule has 7 nitrogen and oxygen atoms in total. The van der Waals surface area contributed by atoms with Crippen molar-refractivity contribution in [1.82, 2.24) is 4.57 Å². The van der Waals surface area contributed by atoms with Gasteiger partial charge < -0.3 is 33.6 Å². The standard InChI is InChI=1S/C94H61B2N5O2S/c1-94(2,3)60-52-74-84-75(53-60)100(90-64(58-30-12-6-13-31-58)38-25-39-65(90)59-32-14-7-15-33-59)76-55-77-86-93(101-72-43-21-23-45-79(72)103-81-49-51-83-88(92(81)101)96(86)87-82(104-83)50-48-80-91(87)98(77)71-42-20-22-44-78(71)102-80)85(76)95(84)68-47-46-61(97-69-40-18-16-34-66(69)67-35-17-19-41-70(67)97)54-73(68)99(74)89-62(56-26-8-4-9-27-56)36-24-37-63(89)57-28-10-5-11-29-57/h4-55H,1-3H3/i16D,17D,18D,19D,34D,35D,40D,41D,46D,47D,48D,49D,50D,51D,54D,55D. The zero-order valence-electron chi connectivity index (χ0n) is 71.9. The Bertz CT molecular complexity index is 7230. The minimum atomic E-state index is -1.39. The van der Waals surface area contributed by atoms with Gasteiger partial charge in [0.2, 0.25) is 0 Å². The predicted molar refractivity (Wildman–Crippen MR) is 434 cm³/mol. The average molecular weight is 1360 g/mol. The Hall–Kier alpha value is -12.6. The number of aromatic nitrogens is 1. The summed E-state index contributed by atoms with van der Waals surface area (Å²) in [7, 11) is 0. The summed E-state index contributed by atoms with van der Waals surface area (Å²) in [5.74, 6) is 0.800. The number of ether oxygens (including phenoxy) is 2. The fourth-order valence-corrected chi connectivity index (χ4v) is 18.3. The van der Waals surface area contributed by atoms with E-state index in [1.54, 1.807) is 0 Å². The molecule has 0 saturated carbocycles. The van der Waals surface area contributed by atoms with Gasteiger partial charge in [-0.25, -0.2) is 0 Å². The number of benzene rings is 15. The topological polar surface area (TPSA) is 36.4 Å². The number of para-hydroxylation sites is 8. The first kappa shape index (κ1) is 44.6. The van der Waals surface area contributed by atoms with Crippen molar-refractivity contribution in [3.8, 4) is 73.2 Å². The van der Waals surface area contributed by atoms with E-state index in [9.17, 15) is 21.9 Å². The average Bonchev–Trinajstić information content (AvgIpc) is 0.704. The van der Waals surface area contributed by atoms with Crippen LogP contribution >= 0.6 is 11.8 Å². The molecule has 7 aliphatic heterocycles. The van der Waals surface area contributed by atoms with Gasteiger partial charge in [-0.3, -0.25) is 0 Å². The Morgan fingerprint density at radius 3 is 1.27 bits per heavy atom. The number of hydrogen-bond acceptors (Lipinski definition) is 7. The molecule has 0 radical (unpaired) electrons. The van der Waals surface area contributed by atoms with Crippen LogP contribution < -0.4 is 61.9 Å². The van der Waals surface area contributed by atoms with Crippen LogP contribution in [0.5, 0.6) is 23.0 Å². The highest BCUT2D eigenvalue weighted by atomic mass is 32.2. The van der Waals surface area contributed by atoms with Gasteiger partial charge in [0, 0.05) is 82.6 Å². The van der Waals surface area contributed by atoms with Gasteiger partial charge in [-0.05, 0) is 157 Å². The summed E-state index contributed by atoms with van der Waals surface area (Å²) in [5, 5.41) is -0.571. The minimum Gasteiger partial charge on any atom is -0.453 e. The van der Waals surface area contributed by atoms with Crippen LogP contribution in [0.15, 0.2) is 325 Å². The fraction of sp³-hybridized carbons (Fsp3) is 0.0426. The van der Waals surface area contributed by atoms with Crippen LogP contribution in [0.2, 0.25) is 0 Å². The maximum atomic E-state index is 12.4. The number of fused-ring (bicyclic) bond motifs is 14. The van der Waals surface area contributed by atoms with Gasteiger partial charge in [0.25, 0.3) is 13.4 Å². The summed E-state index contributed by atoms with van der Waals surface area (Å²) in [4.78, 5) is 9.05. The first-order valence-corrected chi connectivity index (χ1v) is 35.6. The van der Waals surface area contributed by atoms with Gasteiger partial charge in [-0.2, -0.15) is 0 Å². The van der Waals surface area contributed by atoms with Crippen molar-refractivity contribution in [3.63, 3.8) is 0 Å². The molecule has 23 rings (SSSR count). The lowest BCUT2D eigenvalue weighted by atomic mass is 9.29. The highest BCUT2D eigenvalue weighted by molar-refractivity contribution is 8.00. The second-order valence-electron chi connectivity index (χ2n) is 28.1. The molecule has 15 aromatic carbocycles. The first-order valence-electron chi connectivity index (χ1n) is 42.8. The molecule has 0 aliphatic carbocycles. The van der Waals surface area contributed by atoms with Crippen molar-refractivity contribution in [3.05, 3.63) is 321 Å². The summed E-state index contributed by atoms with van der Waals surface area (Å²) in [6.07, 6.45) is 0. The van der Waals surface area contributed by atoms with E-state index in [1.807, 2.05) is 180 Å². The van der Waals surface area contributed by atoms with E-state index in [-0.39, 0.29) is 80.4 Å². The van der Waals surface area contributed by atoms with Gasteiger partial charge in [0.1, 0.15) is 0 Å². The lowest BCUT2D eigenvalue weighted by molar-refractivity contribution is 0.476. The second kappa shape index (κ2) is 21.5. The molecule has 10 heteroatoms. The lowest BCUT2D eigenvalue weighted by Crippen LogP contribution is -2.68. The zero-order chi connectivity index (χ0) is 82.3. The van der Waals surface area contributed by atoms with Crippen molar-refractivity contribution in [2.45, 2.75) is 36.0 Å². The molecule has 0 amide bonds. The molecule has 0 unspecified atom stereocenters. The second-order valence-corrected chi connectivity index (χ2v) is 29.1. The van der Waals surface area contributed by atoms with E-state index >= 15 is 0 Å². The van der Waals surface area contributed by atoms with Crippen LogP contribution in [0.1, 0.15) is 48.3 Å². The molecule has 0 saturated heterocycles. The molecular weight excluding hydrogens is 1280 g/mol. The third-order valence-electron chi connectivity index (χ3n) is 21.6. The molecule has 0 atom stereocenters. The smallest absolute Gasteiger partial charge is 0.255 e. The maximum absolute atomic E-state index is 12.4. The van der Waals surface area contributed by atoms with Crippen molar-refractivity contribution >= 4 is 148 Å². The molecule has 0 bridgehead atoms. The quantitative estimate of drug-likeness (QED) is 0.147. The molecular formula is C94H61B2N5O2S. The van der Waals surface area contributed by atoms with Crippen LogP contribution in [-0.2, 0) is 5.41 Å². The monoisotopic (exact) mass is 1360 g/mol. The van der Waals surface area contributed by atoms with Crippen molar-refractivity contribution in [1.29, 1.82) is 0 Å². The van der Waals surface area contributed by atoms with E-state index in [2.05, 4.69) is 79.1 Å². The van der Waals surface area contributed by atoms with Crippen molar-refractivity contribution in [2.75, 3.05) is 19.6 Å². The molecule has 16 aromatic rings. The Morgan fingerprint density at radius 2 is 0.769 bits per heavy atom. The highest BCUT2D eigenvalue weighted by Crippen LogP contribution is 2.62. The van der Waals surface area contributed by atoms with Gasteiger partial charge in [0.05, 0.1) is 67.1 Å². The Morgan fingerprint density at radius 1 is 0.337 bits per heavy atom. The Balaban J connectivity index is 0.998. The van der Waals surface area contributed by atoms with Crippen LogP contribution in [0.25, 0.3) is 72.0 Å². The normalized spacial score (nSPS) is 16.1. The minimum absolute atomic E-state index is 0.00683. The van der Waals surface area contributed by atoms with Crippen LogP contribution in [0.4, 0.5) is 68.2 Å². The molecule has 8 heterocycles. The number of rotatable bonds is 7. The largest absolute Gasteiger partial charge is 0.453 e. The fourth-order valence-electron chi connectivity index (χ4n) is 17.3. The zero-order valence-corrected chi connectivity index (χ0v) is 56.7. The summed E-state index contributed by atoms with van der Waals surface area (Å²) >= 11 is 1.15. The molecule has 0 spiro atoms. The number of hydrogen-bond donors (Lipinski definition) is 0. The lowest BCUT2D eigenvalue weighted by Gasteiger charge is -2.53. The Kier molecular flexibility index (Phi) is 9.21. The molecule has 7 aliphatic rings. The number of nitrogens with zero attached hydrogens (tertiary/aromatic N) is 5. The number of anilines is 12. The van der Waals surface area contributed by atoms with E-state index < -0.39 is 91.0 Å². The highest BCUT2D eigenvalue weighted by Gasteiger charge is 2.56. The SMILES string of the molecule is [2H]c1c([2H])c2c3c4c1Oc1ccccc1N4c1c([2H])c4c(c5c1B3c1c(c([2H])c([2H])c3c1N5c1ccccc1O3)S2)B1c2c(cc(C(C)(C)C)cc2N4c2c(-c3ccccc3)cccc2-c2ccccc2)N(c2c(-c3ccccc3)cccc2-c2ccccc2)c2c([2H])c(-n3c4c([2H])c([2H])c([2H])c([2H])c4c4c([2H])c([2H])c([2H])c([2H])c43)c([2H])c([2H])c21. The third kappa shape index (κ3) is 7.95. The summed E-state index contributed by atoms with van der Waals surface area (Å²) in [6, 6.07) is 63.4. The van der Waals surface area contributed by atoms with E-state index in [1.165, 1.54) is 4.57 Å². The molecule has 486 valence electrons. The van der Waals surface area contributed by atoms with Gasteiger partial charge in [-0.15, -0.1) is 0 Å². The van der Waals surface area contributed by atoms with Crippen molar-refractivity contribution in [2.24, 2.45) is 0 Å². The predicted octanol–water partition coefficient (Wildman–Crippen LogP) is 21.6. The molecule has 0 N–H and O–H groups in total. The van der Waals surface area contributed by atoms with Gasteiger partial charge in [-0.1, -0.05) is 257 Å². The third-order valence-corrected chi connectivity index (χ3v) is 22.6. The van der Waals surface area contributed by atoms with E-state index in [0.717, 1.165) is 50.7 Å². The Labute approximate surface area is 630 Å². The summed E-state index contributed by atoms with van der Waals surface area (Å²) in [5.41, 5.74) is 12.6. The summed E-state index contributed by atoms with van der Waals surface area (Å²) < 4.78 is 180. The maximum Gasteiger partial charge on any atom is 0.255 e. The van der Waals surface area contributed by atoms with Crippen LogP contribution in [0.3, 0.4) is 0 Å². The van der Waals surface area contributed by atoms with Crippen LogP contribution in [0, 0.1) is 0 Å².